The number of hydrogen-bond donors (Lipinski definition) is 1. The van der Waals surface area contributed by atoms with E-state index in [9.17, 15) is 0 Å². The zero-order valence-electron chi connectivity index (χ0n) is 10.7. The summed E-state index contributed by atoms with van der Waals surface area (Å²) in [6.07, 6.45) is 0. The van der Waals surface area contributed by atoms with Crippen molar-refractivity contribution in [3.05, 3.63) is 40.2 Å². The van der Waals surface area contributed by atoms with E-state index in [1.807, 2.05) is 43.5 Å². The van der Waals surface area contributed by atoms with Crippen LogP contribution in [0.2, 0.25) is 0 Å². The quantitative estimate of drug-likeness (QED) is 0.772. The molecule has 3 rings (SSSR count). The van der Waals surface area contributed by atoms with E-state index in [0.717, 1.165) is 27.4 Å². The number of benzene rings is 1. The van der Waals surface area contributed by atoms with Gasteiger partial charge in [-0.1, -0.05) is 29.4 Å². The number of aromatic nitrogens is 2. The first-order valence-corrected chi connectivity index (χ1v) is 6.78. The molecule has 2 N–H and O–H groups in total. The van der Waals surface area contributed by atoms with E-state index in [0.29, 0.717) is 11.6 Å². The SMILES string of the molecule is Cc1nc(-c2onc(N)c2-c2ccccc2C)cs1. The summed E-state index contributed by atoms with van der Waals surface area (Å²) in [4.78, 5) is 4.44. The molecule has 0 bridgehead atoms. The fourth-order valence-electron chi connectivity index (χ4n) is 2.06. The summed E-state index contributed by atoms with van der Waals surface area (Å²) in [6.45, 7) is 4.00. The molecule has 0 aliphatic rings. The molecule has 0 radical (unpaired) electrons. The number of nitrogens with zero attached hydrogens (tertiary/aromatic N) is 2. The summed E-state index contributed by atoms with van der Waals surface area (Å²) in [6, 6.07) is 8.03. The van der Waals surface area contributed by atoms with Gasteiger partial charge in [-0.05, 0) is 25.0 Å². The lowest BCUT2D eigenvalue weighted by Crippen LogP contribution is -1.91. The summed E-state index contributed by atoms with van der Waals surface area (Å²) in [7, 11) is 0. The van der Waals surface area contributed by atoms with Gasteiger partial charge < -0.3 is 10.3 Å². The zero-order chi connectivity index (χ0) is 13.4. The molecule has 2 heterocycles. The Labute approximate surface area is 114 Å². The van der Waals surface area contributed by atoms with Crippen molar-refractivity contribution in [1.82, 2.24) is 10.1 Å². The van der Waals surface area contributed by atoms with E-state index in [4.69, 9.17) is 10.3 Å². The lowest BCUT2D eigenvalue weighted by molar-refractivity contribution is 0.435. The van der Waals surface area contributed by atoms with Crippen LogP contribution in [0.5, 0.6) is 0 Å². The summed E-state index contributed by atoms with van der Waals surface area (Å²) >= 11 is 1.58. The maximum atomic E-state index is 5.96. The van der Waals surface area contributed by atoms with Crippen molar-refractivity contribution >= 4 is 17.2 Å². The van der Waals surface area contributed by atoms with Gasteiger partial charge in [0.1, 0.15) is 5.69 Å². The summed E-state index contributed by atoms with van der Waals surface area (Å²) in [5.41, 5.74) is 9.72. The van der Waals surface area contributed by atoms with Gasteiger partial charge in [0.05, 0.1) is 10.6 Å². The average molecular weight is 271 g/mol. The highest BCUT2D eigenvalue weighted by atomic mass is 32.1. The molecule has 0 saturated heterocycles. The highest BCUT2D eigenvalue weighted by molar-refractivity contribution is 7.09. The Morgan fingerprint density at radius 2 is 2.00 bits per heavy atom. The topological polar surface area (TPSA) is 64.9 Å². The van der Waals surface area contributed by atoms with Crippen LogP contribution >= 0.6 is 11.3 Å². The second-order valence-corrected chi connectivity index (χ2v) is 5.40. The molecule has 19 heavy (non-hydrogen) atoms. The molecule has 0 aliphatic heterocycles. The van der Waals surface area contributed by atoms with Gasteiger partial charge in [0, 0.05) is 5.38 Å². The van der Waals surface area contributed by atoms with E-state index in [-0.39, 0.29) is 0 Å². The van der Waals surface area contributed by atoms with Crippen LogP contribution in [0, 0.1) is 13.8 Å². The molecule has 96 valence electrons. The van der Waals surface area contributed by atoms with E-state index in [1.54, 1.807) is 11.3 Å². The van der Waals surface area contributed by atoms with Crippen LogP contribution in [-0.2, 0) is 0 Å². The normalized spacial score (nSPS) is 10.8. The zero-order valence-corrected chi connectivity index (χ0v) is 11.5. The van der Waals surface area contributed by atoms with Crippen LogP contribution in [0.3, 0.4) is 0 Å². The Kier molecular flexibility index (Phi) is 2.83. The Balaban J connectivity index is 2.22. The lowest BCUT2D eigenvalue weighted by Gasteiger charge is -2.04. The van der Waals surface area contributed by atoms with Crippen molar-refractivity contribution in [3.63, 3.8) is 0 Å². The van der Waals surface area contributed by atoms with Crippen molar-refractivity contribution in [2.45, 2.75) is 13.8 Å². The number of nitrogen functional groups attached to an aromatic ring is 1. The maximum Gasteiger partial charge on any atom is 0.196 e. The number of nitrogens with two attached hydrogens (primary N) is 1. The summed E-state index contributed by atoms with van der Waals surface area (Å²) < 4.78 is 5.37. The largest absolute Gasteiger partial charge is 0.380 e. The first-order valence-electron chi connectivity index (χ1n) is 5.90. The Bertz CT molecular complexity index is 730. The van der Waals surface area contributed by atoms with Crippen LogP contribution < -0.4 is 5.73 Å². The Hall–Kier alpha value is -2.14. The minimum atomic E-state index is 0.398. The Morgan fingerprint density at radius 1 is 1.21 bits per heavy atom. The molecule has 2 aromatic heterocycles. The molecule has 1 aromatic carbocycles. The van der Waals surface area contributed by atoms with E-state index < -0.39 is 0 Å². The molecule has 0 saturated carbocycles. The van der Waals surface area contributed by atoms with Gasteiger partial charge in [-0.15, -0.1) is 11.3 Å². The highest BCUT2D eigenvalue weighted by Gasteiger charge is 2.20. The van der Waals surface area contributed by atoms with Crippen LogP contribution in [0.15, 0.2) is 34.2 Å². The average Bonchev–Trinajstić information content (AvgIpc) is 2.96. The first kappa shape index (κ1) is 11.9. The van der Waals surface area contributed by atoms with E-state index in [1.165, 1.54) is 0 Å². The van der Waals surface area contributed by atoms with Gasteiger partial charge in [-0.3, -0.25) is 0 Å². The van der Waals surface area contributed by atoms with Crippen LogP contribution in [-0.4, -0.2) is 10.1 Å². The molecule has 0 aliphatic carbocycles. The smallest absolute Gasteiger partial charge is 0.196 e. The number of rotatable bonds is 2. The van der Waals surface area contributed by atoms with Crippen LogP contribution in [0.1, 0.15) is 10.6 Å². The third-order valence-corrected chi connectivity index (χ3v) is 3.76. The van der Waals surface area contributed by atoms with Crippen molar-refractivity contribution in [1.29, 1.82) is 0 Å². The van der Waals surface area contributed by atoms with Gasteiger partial charge in [0.15, 0.2) is 11.6 Å². The fourth-order valence-corrected chi connectivity index (χ4v) is 2.65. The lowest BCUT2D eigenvalue weighted by atomic mass is 10.00. The maximum absolute atomic E-state index is 5.96. The van der Waals surface area contributed by atoms with Crippen molar-refractivity contribution in [3.8, 4) is 22.6 Å². The molecular formula is C14H13N3OS. The van der Waals surface area contributed by atoms with Gasteiger partial charge in [-0.2, -0.15) is 0 Å². The van der Waals surface area contributed by atoms with Gasteiger partial charge >= 0.3 is 0 Å². The molecule has 5 heteroatoms. The number of aryl methyl sites for hydroxylation is 2. The van der Waals surface area contributed by atoms with E-state index in [2.05, 4.69) is 10.1 Å². The second-order valence-electron chi connectivity index (χ2n) is 4.34. The first-order chi connectivity index (χ1) is 9.16. The van der Waals surface area contributed by atoms with Crippen LogP contribution in [0.25, 0.3) is 22.6 Å². The molecule has 0 spiro atoms. The number of anilines is 1. The van der Waals surface area contributed by atoms with Crippen molar-refractivity contribution in [2.24, 2.45) is 0 Å². The van der Waals surface area contributed by atoms with Gasteiger partial charge in [0.25, 0.3) is 0 Å². The van der Waals surface area contributed by atoms with Crippen LogP contribution in [0.4, 0.5) is 5.82 Å². The molecule has 3 aromatic rings. The monoisotopic (exact) mass is 271 g/mol. The van der Waals surface area contributed by atoms with E-state index >= 15 is 0 Å². The molecule has 4 nitrogen and oxygen atoms in total. The second kappa shape index (κ2) is 4.51. The molecule has 0 unspecified atom stereocenters. The fraction of sp³-hybridized carbons (Fsp3) is 0.143. The molecule has 0 amide bonds. The highest BCUT2D eigenvalue weighted by Crippen LogP contribution is 2.38. The van der Waals surface area contributed by atoms with Crippen molar-refractivity contribution in [2.75, 3.05) is 5.73 Å². The molecule has 0 atom stereocenters. The third kappa shape index (κ3) is 2.02. The minimum Gasteiger partial charge on any atom is -0.380 e. The number of thiazole rings is 1. The predicted molar refractivity (Wildman–Crippen MR) is 76.9 cm³/mol. The van der Waals surface area contributed by atoms with Gasteiger partial charge in [0.2, 0.25) is 0 Å². The van der Waals surface area contributed by atoms with Crippen molar-refractivity contribution < 1.29 is 4.52 Å². The molecule has 0 fully saturated rings. The minimum absolute atomic E-state index is 0.398. The summed E-state index contributed by atoms with van der Waals surface area (Å²) in [5, 5.41) is 6.83. The summed E-state index contributed by atoms with van der Waals surface area (Å²) in [5.74, 6) is 1.03. The van der Waals surface area contributed by atoms with Gasteiger partial charge in [-0.25, -0.2) is 4.98 Å². The standard InChI is InChI=1S/C14H13N3OS/c1-8-5-3-4-6-10(8)12-13(18-17-14(12)15)11-7-19-9(2)16-11/h3-7H,1-2H3,(H2,15,17). The predicted octanol–water partition coefficient (Wildman–Crippen LogP) is 3.66. The third-order valence-electron chi connectivity index (χ3n) is 2.98. The number of hydrogen-bond acceptors (Lipinski definition) is 5. The molecular weight excluding hydrogens is 258 g/mol. The Morgan fingerprint density at radius 3 is 2.68 bits per heavy atom.